The van der Waals surface area contributed by atoms with Gasteiger partial charge in [-0.1, -0.05) is 38.5 Å². The molecule has 0 aromatic heterocycles. The van der Waals surface area contributed by atoms with Gasteiger partial charge in [-0.05, 0) is 38.2 Å². The zero-order valence-corrected chi connectivity index (χ0v) is 12.0. The van der Waals surface area contributed by atoms with Crippen LogP contribution in [0.3, 0.4) is 0 Å². The van der Waals surface area contributed by atoms with Gasteiger partial charge in [0.05, 0.1) is 6.10 Å². The molecule has 18 heavy (non-hydrogen) atoms. The minimum atomic E-state index is -0.265. The Hall–Kier alpha value is -1.02. The normalized spacial score (nSPS) is 26.6. The molecule has 0 spiro atoms. The fourth-order valence-electron chi connectivity index (χ4n) is 3.06. The molecule has 2 N–H and O–H groups in total. The highest BCUT2D eigenvalue weighted by Gasteiger charge is 2.48. The summed E-state index contributed by atoms with van der Waals surface area (Å²) in [7, 11) is 0. The maximum Gasteiger partial charge on any atom is 0.124 e. The van der Waals surface area contributed by atoms with E-state index in [9.17, 15) is 0 Å². The third kappa shape index (κ3) is 2.14. The van der Waals surface area contributed by atoms with Crippen molar-refractivity contribution in [1.82, 2.24) is 0 Å². The highest BCUT2D eigenvalue weighted by Crippen LogP contribution is 2.52. The van der Waals surface area contributed by atoms with E-state index in [1.807, 2.05) is 12.1 Å². The highest BCUT2D eigenvalue weighted by molar-refractivity contribution is 5.41. The summed E-state index contributed by atoms with van der Waals surface area (Å²) in [5.41, 5.74) is 7.79. The first-order valence-corrected chi connectivity index (χ1v) is 6.92. The van der Waals surface area contributed by atoms with Crippen LogP contribution in [0.5, 0.6) is 5.75 Å². The van der Waals surface area contributed by atoms with Crippen molar-refractivity contribution < 1.29 is 4.74 Å². The number of benzene rings is 1. The number of para-hydroxylation sites is 1. The Morgan fingerprint density at radius 1 is 1.17 bits per heavy atom. The van der Waals surface area contributed by atoms with Gasteiger partial charge in [-0.25, -0.2) is 0 Å². The number of hydrogen-bond donors (Lipinski definition) is 1. The lowest BCUT2D eigenvalue weighted by Gasteiger charge is -2.39. The van der Waals surface area contributed by atoms with Gasteiger partial charge in [0.25, 0.3) is 0 Å². The number of nitrogens with two attached hydrogens (primary N) is 1. The summed E-state index contributed by atoms with van der Waals surface area (Å²) in [4.78, 5) is 0. The Labute approximate surface area is 111 Å². The van der Waals surface area contributed by atoms with Crippen molar-refractivity contribution >= 4 is 0 Å². The predicted octanol–water partition coefficient (Wildman–Crippen LogP) is 3.84. The van der Waals surface area contributed by atoms with E-state index in [2.05, 4.69) is 39.8 Å². The van der Waals surface area contributed by atoms with Gasteiger partial charge in [-0.15, -0.1) is 0 Å². The minimum absolute atomic E-state index is 0.128. The molecule has 1 aliphatic carbocycles. The molecule has 100 valence electrons. The van der Waals surface area contributed by atoms with Gasteiger partial charge in [0, 0.05) is 11.1 Å². The van der Waals surface area contributed by atoms with E-state index >= 15 is 0 Å². The number of rotatable bonds is 3. The van der Waals surface area contributed by atoms with Crippen molar-refractivity contribution in [3.8, 4) is 5.75 Å². The molecular formula is C16H25NO. The summed E-state index contributed by atoms with van der Waals surface area (Å²) in [5.74, 6) is 0.949. The van der Waals surface area contributed by atoms with Crippen LogP contribution in [0.15, 0.2) is 24.3 Å². The van der Waals surface area contributed by atoms with E-state index in [1.165, 1.54) is 18.4 Å². The van der Waals surface area contributed by atoms with Crippen LogP contribution in [-0.4, -0.2) is 6.10 Å². The van der Waals surface area contributed by atoms with Crippen molar-refractivity contribution in [3.63, 3.8) is 0 Å². The zero-order chi connectivity index (χ0) is 13.4. The molecule has 1 unspecified atom stereocenters. The minimum Gasteiger partial charge on any atom is -0.491 e. The molecule has 0 amide bonds. The van der Waals surface area contributed by atoms with E-state index in [-0.39, 0.29) is 17.1 Å². The van der Waals surface area contributed by atoms with Crippen LogP contribution in [-0.2, 0) is 5.54 Å². The fraction of sp³-hybridized carbons (Fsp3) is 0.625. The van der Waals surface area contributed by atoms with Gasteiger partial charge in [-0.2, -0.15) is 0 Å². The third-order valence-corrected chi connectivity index (χ3v) is 4.31. The van der Waals surface area contributed by atoms with Gasteiger partial charge in [-0.3, -0.25) is 0 Å². The Balaban J connectivity index is 2.44. The van der Waals surface area contributed by atoms with Crippen LogP contribution in [0.1, 0.15) is 52.5 Å². The lowest BCUT2D eigenvalue weighted by atomic mass is 9.71. The zero-order valence-electron chi connectivity index (χ0n) is 12.0. The van der Waals surface area contributed by atoms with Crippen molar-refractivity contribution in [2.24, 2.45) is 11.1 Å². The molecular weight excluding hydrogens is 222 g/mol. The van der Waals surface area contributed by atoms with Crippen molar-refractivity contribution in [2.75, 3.05) is 0 Å². The first-order chi connectivity index (χ1) is 8.37. The molecule has 1 aromatic rings. The van der Waals surface area contributed by atoms with E-state index < -0.39 is 0 Å². The molecule has 2 rings (SSSR count). The van der Waals surface area contributed by atoms with Gasteiger partial charge in [0.2, 0.25) is 0 Å². The molecule has 1 fully saturated rings. The summed E-state index contributed by atoms with van der Waals surface area (Å²) < 4.78 is 5.94. The molecule has 0 bridgehead atoms. The van der Waals surface area contributed by atoms with Crippen LogP contribution in [0, 0.1) is 5.41 Å². The molecule has 0 heterocycles. The standard InChI is InChI=1S/C16H25NO/c1-12(2)18-14-9-6-5-8-13(14)16(17)11-7-10-15(16,3)4/h5-6,8-9,12H,7,10-11,17H2,1-4H3. The smallest absolute Gasteiger partial charge is 0.124 e. The average molecular weight is 247 g/mol. The second-order valence-corrected chi connectivity index (χ2v) is 6.37. The lowest BCUT2D eigenvalue weighted by molar-refractivity contribution is 0.189. The molecule has 2 heteroatoms. The van der Waals surface area contributed by atoms with E-state index in [1.54, 1.807) is 0 Å². The largest absolute Gasteiger partial charge is 0.491 e. The van der Waals surface area contributed by atoms with E-state index in [4.69, 9.17) is 10.5 Å². The van der Waals surface area contributed by atoms with Gasteiger partial charge >= 0.3 is 0 Å². The summed E-state index contributed by atoms with van der Waals surface area (Å²) in [6, 6.07) is 8.25. The second kappa shape index (κ2) is 4.58. The third-order valence-electron chi connectivity index (χ3n) is 4.31. The molecule has 1 aliphatic rings. The molecule has 0 saturated heterocycles. The molecule has 2 nitrogen and oxygen atoms in total. The summed E-state index contributed by atoms with van der Waals surface area (Å²) >= 11 is 0. The average Bonchev–Trinajstić information content (AvgIpc) is 2.54. The molecule has 1 saturated carbocycles. The topological polar surface area (TPSA) is 35.2 Å². The lowest BCUT2D eigenvalue weighted by Crippen LogP contribution is -2.46. The Bertz CT molecular complexity index is 425. The Kier molecular flexibility index (Phi) is 3.41. The van der Waals surface area contributed by atoms with E-state index in [0.717, 1.165) is 12.2 Å². The van der Waals surface area contributed by atoms with Crippen LogP contribution in [0.2, 0.25) is 0 Å². The molecule has 1 aromatic carbocycles. The van der Waals surface area contributed by atoms with Gasteiger partial charge in [0.1, 0.15) is 5.75 Å². The fourth-order valence-corrected chi connectivity index (χ4v) is 3.06. The SMILES string of the molecule is CC(C)Oc1ccccc1C1(N)CCCC1(C)C. The van der Waals surface area contributed by atoms with Crippen LogP contribution >= 0.6 is 0 Å². The number of hydrogen-bond acceptors (Lipinski definition) is 2. The maximum absolute atomic E-state index is 6.75. The Morgan fingerprint density at radius 3 is 2.39 bits per heavy atom. The predicted molar refractivity (Wildman–Crippen MR) is 75.7 cm³/mol. The second-order valence-electron chi connectivity index (χ2n) is 6.37. The van der Waals surface area contributed by atoms with Crippen molar-refractivity contribution in [1.29, 1.82) is 0 Å². The first kappa shape index (κ1) is 13.4. The summed E-state index contributed by atoms with van der Waals surface area (Å²) in [5, 5.41) is 0. The summed E-state index contributed by atoms with van der Waals surface area (Å²) in [6.07, 6.45) is 3.59. The molecule has 0 radical (unpaired) electrons. The van der Waals surface area contributed by atoms with Crippen molar-refractivity contribution in [3.05, 3.63) is 29.8 Å². The first-order valence-electron chi connectivity index (χ1n) is 6.92. The van der Waals surface area contributed by atoms with Crippen LogP contribution in [0.25, 0.3) is 0 Å². The summed E-state index contributed by atoms with van der Waals surface area (Å²) in [6.45, 7) is 8.65. The van der Waals surface area contributed by atoms with Crippen LogP contribution < -0.4 is 10.5 Å². The maximum atomic E-state index is 6.75. The van der Waals surface area contributed by atoms with E-state index in [0.29, 0.717) is 0 Å². The Morgan fingerprint density at radius 2 is 1.83 bits per heavy atom. The molecule has 0 aliphatic heterocycles. The molecule has 1 atom stereocenters. The van der Waals surface area contributed by atoms with Crippen molar-refractivity contribution in [2.45, 2.75) is 58.6 Å². The monoisotopic (exact) mass is 247 g/mol. The quantitative estimate of drug-likeness (QED) is 0.880. The number of ether oxygens (including phenoxy) is 1. The van der Waals surface area contributed by atoms with Gasteiger partial charge < -0.3 is 10.5 Å². The van der Waals surface area contributed by atoms with Gasteiger partial charge in [0.15, 0.2) is 0 Å². The van der Waals surface area contributed by atoms with Crippen LogP contribution in [0.4, 0.5) is 0 Å². The highest BCUT2D eigenvalue weighted by atomic mass is 16.5.